The van der Waals surface area contributed by atoms with Gasteiger partial charge in [0.2, 0.25) is 5.91 Å². The van der Waals surface area contributed by atoms with Gasteiger partial charge in [-0.2, -0.15) is 0 Å². The van der Waals surface area contributed by atoms with Crippen LogP contribution in [0.1, 0.15) is 24.3 Å². The molecule has 0 radical (unpaired) electrons. The number of aromatic hydroxyl groups is 1. The third-order valence-corrected chi connectivity index (χ3v) is 1.90. The first-order valence-corrected chi connectivity index (χ1v) is 5.34. The Balaban J connectivity index is 2.96. The smallest absolute Gasteiger partial charge is 0.280 e. The van der Waals surface area contributed by atoms with E-state index in [0.717, 1.165) is 0 Å². The second kappa shape index (κ2) is 5.97. The monoisotopic (exact) mass is 253 g/mol. The lowest BCUT2D eigenvalue weighted by Crippen LogP contribution is -2.35. The van der Waals surface area contributed by atoms with E-state index in [1.165, 1.54) is 12.3 Å². The van der Waals surface area contributed by atoms with Gasteiger partial charge in [0.05, 0.1) is 12.6 Å². The molecular formula is C11H15N3O4. The number of aromatic nitrogens is 1. The van der Waals surface area contributed by atoms with E-state index in [1.807, 2.05) is 5.32 Å². The maximum atomic E-state index is 11.6. The van der Waals surface area contributed by atoms with Crippen molar-refractivity contribution in [1.82, 2.24) is 10.3 Å². The summed E-state index contributed by atoms with van der Waals surface area (Å²) in [6.07, 6.45) is 1.14. The lowest BCUT2D eigenvalue weighted by molar-refractivity contribution is -0.118. The minimum absolute atomic E-state index is 0.130. The van der Waals surface area contributed by atoms with Crippen LogP contribution in [-0.2, 0) is 4.79 Å². The number of nitrogens with two attached hydrogens (primary N) is 1. The van der Waals surface area contributed by atoms with Crippen molar-refractivity contribution in [2.45, 2.75) is 20.0 Å². The third kappa shape index (κ3) is 3.42. The lowest BCUT2D eigenvalue weighted by Gasteiger charge is -2.12. The fourth-order valence-corrected chi connectivity index (χ4v) is 1.19. The molecule has 0 bridgehead atoms. The van der Waals surface area contributed by atoms with Gasteiger partial charge in [-0.15, -0.1) is 0 Å². The van der Waals surface area contributed by atoms with E-state index >= 15 is 0 Å². The van der Waals surface area contributed by atoms with Crippen LogP contribution in [0, 0.1) is 0 Å². The lowest BCUT2D eigenvalue weighted by atomic mass is 10.3. The van der Waals surface area contributed by atoms with Crippen LogP contribution in [-0.4, -0.2) is 34.6 Å². The van der Waals surface area contributed by atoms with Crippen molar-refractivity contribution in [1.29, 1.82) is 0 Å². The van der Waals surface area contributed by atoms with E-state index in [2.05, 4.69) is 4.98 Å². The standard InChI is InChI=1S/C11H15N3O4/c1-6(2)18-7-3-4-13-9(10(7)16)11(17)14-8(15)5-12/h3-4,6,16H,5,12H2,1-2H3,(H,14,15,17). The topological polar surface area (TPSA) is 115 Å². The zero-order chi connectivity index (χ0) is 13.7. The number of hydrogen-bond donors (Lipinski definition) is 3. The highest BCUT2D eigenvalue weighted by Crippen LogP contribution is 2.28. The van der Waals surface area contributed by atoms with Gasteiger partial charge in [-0.3, -0.25) is 14.9 Å². The maximum absolute atomic E-state index is 11.6. The minimum Gasteiger partial charge on any atom is -0.503 e. The summed E-state index contributed by atoms with van der Waals surface area (Å²) in [7, 11) is 0. The molecule has 1 aromatic rings. The fourth-order valence-electron chi connectivity index (χ4n) is 1.19. The van der Waals surface area contributed by atoms with Crippen LogP contribution in [0.15, 0.2) is 12.3 Å². The van der Waals surface area contributed by atoms with E-state index in [9.17, 15) is 14.7 Å². The Bertz CT molecular complexity index is 460. The van der Waals surface area contributed by atoms with Gasteiger partial charge in [0.15, 0.2) is 17.2 Å². The van der Waals surface area contributed by atoms with Crippen molar-refractivity contribution in [2.75, 3.05) is 6.54 Å². The van der Waals surface area contributed by atoms with Gasteiger partial charge in [-0.05, 0) is 13.8 Å². The van der Waals surface area contributed by atoms with E-state index in [0.29, 0.717) is 0 Å². The summed E-state index contributed by atoms with van der Waals surface area (Å²) in [5.41, 5.74) is 4.78. The molecular weight excluding hydrogens is 238 g/mol. The van der Waals surface area contributed by atoms with Crippen LogP contribution >= 0.6 is 0 Å². The molecule has 0 unspecified atom stereocenters. The third-order valence-electron chi connectivity index (χ3n) is 1.90. The quantitative estimate of drug-likeness (QED) is 0.684. The number of hydrogen-bond acceptors (Lipinski definition) is 6. The maximum Gasteiger partial charge on any atom is 0.280 e. The van der Waals surface area contributed by atoms with Crippen molar-refractivity contribution < 1.29 is 19.4 Å². The number of nitrogens with one attached hydrogen (secondary N) is 1. The summed E-state index contributed by atoms with van der Waals surface area (Å²) in [5, 5.41) is 11.8. The second-order valence-corrected chi connectivity index (χ2v) is 3.75. The number of carbonyl (C=O) groups is 2. The molecule has 0 atom stereocenters. The van der Waals surface area contributed by atoms with Crippen LogP contribution in [0.4, 0.5) is 0 Å². The molecule has 1 aromatic heterocycles. The van der Waals surface area contributed by atoms with Gasteiger partial charge < -0.3 is 15.6 Å². The van der Waals surface area contributed by atoms with Gasteiger partial charge >= 0.3 is 0 Å². The van der Waals surface area contributed by atoms with Crippen molar-refractivity contribution in [3.63, 3.8) is 0 Å². The summed E-state index contributed by atoms with van der Waals surface area (Å²) in [6.45, 7) is 3.23. The number of carbonyl (C=O) groups excluding carboxylic acids is 2. The molecule has 4 N–H and O–H groups in total. The molecule has 7 heteroatoms. The Kier molecular flexibility index (Phi) is 4.61. The molecule has 18 heavy (non-hydrogen) atoms. The average molecular weight is 253 g/mol. The largest absolute Gasteiger partial charge is 0.503 e. The predicted octanol–water partition coefficient (Wildman–Crippen LogP) is -0.211. The van der Waals surface area contributed by atoms with E-state index in [1.54, 1.807) is 13.8 Å². The number of imide groups is 1. The Morgan fingerprint density at radius 2 is 2.22 bits per heavy atom. The number of pyridine rings is 1. The van der Waals surface area contributed by atoms with Crippen LogP contribution in [0.3, 0.4) is 0 Å². The van der Waals surface area contributed by atoms with Crippen LogP contribution in [0.2, 0.25) is 0 Å². The highest BCUT2D eigenvalue weighted by atomic mass is 16.5. The molecule has 0 aliphatic heterocycles. The predicted molar refractivity (Wildman–Crippen MR) is 63.2 cm³/mol. The Morgan fingerprint density at radius 3 is 2.78 bits per heavy atom. The van der Waals surface area contributed by atoms with Crippen LogP contribution < -0.4 is 15.8 Å². The Morgan fingerprint density at radius 1 is 1.56 bits per heavy atom. The molecule has 1 heterocycles. The zero-order valence-corrected chi connectivity index (χ0v) is 10.1. The molecule has 0 saturated carbocycles. The van der Waals surface area contributed by atoms with E-state index in [-0.39, 0.29) is 24.1 Å². The van der Waals surface area contributed by atoms with Gasteiger partial charge in [0.25, 0.3) is 5.91 Å². The first-order chi connectivity index (χ1) is 8.45. The number of amides is 2. The molecule has 0 aromatic carbocycles. The molecule has 0 aliphatic rings. The Hall–Kier alpha value is -2.15. The van der Waals surface area contributed by atoms with Gasteiger partial charge in [-0.1, -0.05) is 0 Å². The van der Waals surface area contributed by atoms with Gasteiger partial charge in [-0.25, -0.2) is 4.98 Å². The average Bonchev–Trinajstić information content (AvgIpc) is 2.31. The van der Waals surface area contributed by atoms with Crippen molar-refractivity contribution in [3.8, 4) is 11.5 Å². The molecule has 1 rings (SSSR count). The van der Waals surface area contributed by atoms with Gasteiger partial charge in [0.1, 0.15) is 0 Å². The number of nitrogens with zero attached hydrogens (tertiary/aromatic N) is 1. The molecule has 0 fully saturated rings. The summed E-state index contributed by atoms with van der Waals surface area (Å²) in [5.74, 6) is -1.76. The van der Waals surface area contributed by atoms with Crippen LogP contribution in [0.25, 0.3) is 0 Å². The molecule has 0 saturated heterocycles. The first kappa shape index (κ1) is 13.9. The van der Waals surface area contributed by atoms with E-state index in [4.69, 9.17) is 10.5 Å². The van der Waals surface area contributed by atoms with Gasteiger partial charge in [0, 0.05) is 12.3 Å². The normalized spacial score (nSPS) is 10.2. The molecule has 0 spiro atoms. The summed E-state index contributed by atoms with van der Waals surface area (Å²) in [6, 6.07) is 1.43. The van der Waals surface area contributed by atoms with Crippen LogP contribution in [0.5, 0.6) is 11.5 Å². The number of rotatable bonds is 4. The highest BCUT2D eigenvalue weighted by molar-refractivity contribution is 6.05. The molecule has 98 valence electrons. The molecule has 7 nitrogen and oxygen atoms in total. The zero-order valence-electron chi connectivity index (χ0n) is 10.1. The summed E-state index contributed by atoms with van der Waals surface area (Å²) < 4.78 is 5.29. The fraction of sp³-hybridized carbons (Fsp3) is 0.364. The number of ether oxygens (including phenoxy) is 1. The SMILES string of the molecule is CC(C)Oc1ccnc(C(=O)NC(=O)CN)c1O. The van der Waals surface area contributed by atoms with Crippen molar-refractivity contribution >= 4 is 11.8 Å². The van der Waals surface area contributed by atoms with Crippen molar-refractivity contribution in [2.24, 2.45) is 5.73 Å². The second-order valence-electron chi connectivity index (χ2n) is 3.75. The molecule has 2 amide bonds. The summed E-state index contributed by atoms with van der Waals surface area (Å²) in [4.78, 5) is 26.3. The first-order valence-electron chi connectivity index (χ1n) is 5.34. The summed E-state index contributed by atoms with van der Waals surface area (Å²) >= 11 is 0. The Labute approximate surface area is 104 Å². The highest BCUT2D eigenvalue weighted by Gasteiger charge is 2.19. The molecule has 0 aliphatic carbocycles. The van der Waals surface area contributed by atoms with E-state index < -0.39 is 17.6 Å². The minimum atomic E-state index is -0.822. The van der Waals surface area contributed by atoms with Crippen molar-refractivity contribution in [3.05, 3.63) is 18.0 Å².